The molecule has 0 aliphatic carbocycles. The molecule has 1 heterocycles. The second-order valence-corrected chi connectivity index (χ2v) is 7.32. The minimum Gasteiger partial charge on any atom is -0.396 e. The highest BCUT2D eigenvalue weighted by Crippen LogP contribution is 2.36. The van der Waals surface area contributed by atoms with E-state index in [1.54, 1.807) is 6.07 Å². The Morgan fingerprint density at radius 1 is 1.00 bits per heavy atom. The molecule has 0 unspecified atom stereocenters. The summed E-state index contributed by atoms with van der Waals surface area (Å²) in [5.74, 6) is -1.57. The highest BCUT2D eigenvalue weighted by Gasteiger charge is 2.34. The van der Waals surface area contributed by atoms with Crippen LogP contribution in [0.4, 0.5) is 8.78 Å². The van der Waals surface area contributed by atoms with Gasteiger partial charge >= 0.3 is 0 Å². The van der Waals surface area contributed by atoms with Gasteiger partial charge in [0.25, 0.3) is 0 Å². The third-order valence-electron chi connectivity index (χ3n) is 5.20. The highest BCUT2D eigenvalue weighted by molar-refractivity contribution is 6.31. The summed E-state index contributed by atoms with van der Waals surface area (Å²) in [6.07, 6.45) is 2.32. The van der Waals surface area contributed by atoms with Crippen LogP contribution in [0.2, 0.25) is 5.02 Å². The summed E-state index contributed by atoms with van der Waals surface area (Å²) in [6, 6.07) is 12.0. The Balaban J connectivity index is 1.65. The third-order valence-corrected chi connectivity index (χ3v) is 5.57. The molecule has 2 aromatic rings. The van der Waals surface area contributed by atoms with Gasteiger partial charge in [0.2, 0.25) is 0 Å². The molecule has 0 amide bonds. The van der Waals surface area contributed by atoms with Crippen molar-refractivity contribution in [1.29, 1.82) is 0 Å². The summed E-state index contributed by atoms with van der Waals surface area (Å²) < 4.78 is 27.2. The van der Waals surface area contributed by atoms with Crippen LogP contribution >= 0.6 is 11.6 Å². The second kappa shape index (κ2) is 7.81. The monoisotopic (exact) mass is 365 g/mol. The van der Waals surface area contributed by atoms with E-state index >= 15 is 0 Å². The lowest BCUT2D eigenvalue weighted by molar-refractivity contribution is 0.0409. The number of likely N-dealkylation sites (tertiary alicyclic amines) is 1. The van der Waals surface area contributed by atoms with Gasteiger partial charge in [0, 0.05) is 23.7 Å². The van der Waals surface area contributed by atoms with Crippen molar-refractivity contribution in [2.24, 2.45) is 5.41 Å². The second-order valence-electron chi connectivity index (χ2n) is 6.92. The average Bonchev–Trinajstić information content (AvgIpc) is 2.63. The van der Waals surface area contributed by atoms with E-state index in [1.165, 1.54) is 6.07 Å². The maximum atomic E-state index is 13.9. The van der Waals surface area contributed by atoms with Gasteiger partial charge in [-0.15, -0.1) is 0 Å². The molecule has 0 aromatic heterocycles. The zero-order chi connectivity index (χ0) is 17.9. The molecule has 1 fully saturated rings. The van der Waals surface area contributed by atoms with Gasteiger partial charge in [0.1, 0.15) is 0 Å². The van der Waals surface area contributed by atoms with Crippen LogP contribution in [0.1, 0.15) is 24.0 Å². The van der Waals surface area contributed by atoms with Crippen molar-refractivity contribution in [3.05, 3.63) is 70.2 Å². The zero-order valence-corrected chi connectivity index (χ0v) is 14.8. The van der Waals surface area contributed by atoms with Gasteiger partial charge in [-0.05, 0) is 55.5 Å². The van der Waals surface area contributed by atoms with Gasteiger partial charge in [-0.3, -0.25) is 4.90 Å². The Morgan fingerprint density at radius 3 is 2.36 bits per heavy atom. The summed E-state index contributed by atoms with van der Waals surface area (Å²) in [6.45, 7) is 1.96. The van der Waals surface area contributed by atoms with E-state index in [2.05, 4.69) is 4.90 Å². The fraction of sp³-hybridized carbons (Fsp3) is 0.400. The van der Waals surface area contributed by atoms with Crippen LogP contribution in [-0.2, 0) is 13.0 Å². The fourth-order valence-corrected chi connectivity index (χ4v) is 3.74. The molecule has 0 atom stereocenters. The largest absolute Gasteiger partial charge is 0.396 e. The number of benzene rings is 2. The molecule has 0 bridgehead atoms. The van der Waals surface area contributed by atoms with E-state index in [0.717, 1.165) is 49.0 Å². The number of piperidine rings is 1. The van der Waals surface area contributed by atoms with Gasteiger partial charge in [-0.25, -0.2) is 8.78 Å². The number of nitrogens with zero attached hydrogens (tertiary/aromatic N) is 1. The molecular formula is C20H22ClF2NO. The predicted molar refractivity (Wildman–Crippen MR) is 95.5 cm³/mol. The Kier molecular flexibility index (Phi) is 5.72. The van der Waals surface area contributed by atoms with Gasteiger partial charge < -0.3 is 5.11 Å². The fourth-order valence-electron chi connectivity index (χ4n) is 3.53. The maximum absolute atomic E-state index is 13.9. The van der Waals surface area contributed by atoms with Gasteiger partial charge in [0.05, 0.1) is 0 Å². The van der Waals surface area contributed by atoms with E-state index < -0.39 is 11.6 Å². The molecule has 134 valence electrons. The SMILES string of the molecule is OCC1(Cc2ccccc2Cl)CCN(Cc2cccc(F)c2F)CC1. The predicted octanol–water partition coefficient (Wildman–Crippen LogP) is 4.44. The first-order valence-corrected chi connectivity index (χ1v) is 8.90. The molecule has 0 radical (unpaired) electrons. The summed E-state index contributed by atoms with van der Waals surface area (Å²) in [7, 11) is 0. The van der Waals surface area contributed by atoms with Crippen LogP contribution in [0.25, 0.3) is 0 Å². The topological polar surface area (TPSA) is 23.5 Å². The van der Waals surface area contributed by atoms with Crippen LogP contribution in [-0.4, -0.2) is 29.7 Å². The molecule has 1 saturated heterocycles. The van der Waals surface area contributed by atoms with Crippen molar-refractivity contribution in [1.82, 2.24) is 4.90 Å². The standard InChI is InChI=1S/C20H22ClF2NO/c21-17-6-2-1-4-15(17)12-20(14-25)8-10-24(11-9-20)13-16-5-3-7-18(22)19(16)23/h1-7,25H,8-14H2. The Hall–Kier alpha value is -1.49. The van der Waals surface area contributed by atoms with E-state index in [9.17, 15) is 13.9 Å². The lowest BCUT2D eigenvalue weighted by atomic mass is 9.74. The third kappa shape index (κ3) is 4.20. The normalized spacial score (nSPS) is 17.6. The molecule has 2 nitrogen and oxygen atoms in total. The first-order chi connectivity index (χ1) is 12.0. The number of hydrogen-bond donors (Lipinski definition) is 1. The van der Waals surface area contributed by atoms with Gasteiger partial charge in [-0.2, -0.15) is 0 Å². The Labute approximate surface area is 152 Å². The summed E-state index contributed by atoms with van der Waals surface area (Å²) in [4.78, 5) is 2.11. The molecule has 1 N–H and O–H groups in total. The van der Waals surface area contributed by atoms with Crippen molar-refractivity contribution in [3.63, 3.8) is 0 Å². The number of aliphatic hydroxyl groups excluding tert-OH is 1. The van der Waals surface area contributed by atoms with Crippen molar-refractivity contribution in [2.75, 3.05) is 19.7 Å². The minimum absolute atomic E-state index is 0.0976. The molecule has 0 saturated carbocycles. The molecule has 3 rings (SSSR count). The van der Waals surface area contributed by atoms with Crippen LogP contribution in [0.5, 0.6) is 0 Å². The molecular weight excluding hydrogens is 344 g/mol. The average molecular weight is 366 g/mol. The Bertz CT molecular complexity index is 729. The Morgan fingerprint density at radius 2 is 1.68 bits per heavy atom. The lowest BCUT2D eigenvalue weighted by Gasteiger charge is -2.41. The van der Waals surface area contributed by atoms with E-state index in [1.807, 2.05) is 24.3 Å². The number of halogens is 3. The zero-order valence-electron chi connectivity index (χ0n) is 14.0. The van der Waals surface area contributed by atoms with Crippen LogP contribution in [0.15, 0.2) is 42.5 Å². The first-order valence-electron chi connectivity index (χ1n) is 8.52. The minimum atomic E-state index is -0.807. The van der Waals surface area contributed by atoms with Gasteiger partial charge in [-0.1, -0.05) is 41.9 Å². The van der Waals surface area contributed by atoms with Crippen molar-refractivity contribution < 1.29 is 13.9 Å². The van der Waals surface area contributed by atoms with Crippen LogP contribution in [0, 0.1) is 17.0 Å². The lowest BCUT2D eigenvalue weighted by Crippen LogP contribution is -2.43. The van der Waals surface area contributed by atoms with Crippen molar-refractivity contribution >= 4 is 11.6 Å². The molecule has 25 heavy (non-hydrogen) atoms. The molecule has 1 aliphatic heterocycles. The molecule has 0 spiro atoms. The van der Waals surface area contributed by atoms with Gasteiger partial charge in [0.15, 0.2) is 11.6 Å². The van der Waals surface area contributed by atoms with Crippen molar-refractivity contribution in [2.45, 2.75) is 25.8 Å². The molecule has 5 heteroatoms. The number of hydrogen-bond acceptors (Lipinski definition) is 2. The quantitative estimate of drug-likeness (QED) is 0.847. The van der Waals surface area contributed by atoms with Crippen LogP contribution < -0.4 is 0 Å². The van der Waals surface area contributed by atoms with Crippen molar-refractivity contribution in [3.8, 4) is 0 Å². The van der Waals surface area contributed by atoms with E-state index in [-0.39, 0.29) is 12.0 Å². The number of rotatable bonds is 5. The summed E-state index contributed by atoms with van der Waals surface area (Å²) in [5.41, 5.74) is 1.22. The summed E-state index contributed by atoms with van der Waals surface area (Å²) >= 11 is 6.26. The first kappa shape index (κ1) is 18.3. The van der Waals surface area contributed by atoms with Crippen LogP contribution in [0.3, 0.4) is 0 Å². The summed E-state index contributed by atoms with van der Waals surface area (Å²) in [5, 5.41) is 10.7. The maximum Gasteiger partial charge on any atom is 0.163 e. The smallest absolute Gasteiger partial charge is 0.163 e. The molecule has 2 aromatic carbocycles. The molecule has 1 aliphatic rings. The highest BCUT2D eigenvalue weighted by atomic mass is 35.5. The van der Waals surface area contributed by atoms with E-state index in [4.69, 9.17) is 11.6 Å². The van der Waals surface area contributed by atoms with E-state index in [0.29, 0.717) is 12.1 Å². The number of aliphatic hydroxyl groups is 1.